The molecule has 0 fully saturated rings. The Balaban J connectivity index is 1.21. The van der Waals surface area contributed by atoms with E-state index in [0.29, 0.717) is 0 Å². The Hall–Kier alpha value is -5.88. The molecule has 4 aromatic heterocycles. The first kappa shape index (κ1) is 23.8. The molecule has 0 amide bonds. The van der Waals surface area contributed by atoms with Crippen molar-refractivity contribution in [2.24, 2.45) is 7.05 Å². The van der Waals surface area contributed by atoms with Crippen molar-refractivity contribution in [1.29, 1.82) is 0 Å². The summed E-state index contributed by atoms with van der Waals surface area (Å²) in [7, 11) is 2.04. The number of rotatable bonds is 4. The Labute approximate surface area is 246 Å². The zero-order valence-electron chi connectivity index (χ0n) is 23.2. The summed E-state index contributed by atoms with van der Waals surface area (Å²) in [6.45, 7) is 0. The predicted octanol–water partition coefficient (Wildman–Crippen LogP) is 9.42. The van der Waals surface area contributed by atoms with E-state index in [-0.39, 0.29) is 0 Å². The number of fused-ring (bicyclic) bond motifs is 8. The highest BCUT2D eigenvalue weighted by Crippen LogP contribution is 2.41. The summed E-state index contributed by atoms with van der Waals surface area (Å²) < 4.78 is 17.2. The number of imidazole rings is 1. The molecule has 0 unspecified atom stereocenters. The van der Waals surface area contributed by atoms with Crippen molar-refractivity contribution in [3.8, 4) is 28.7 Å². The summed E-state index contributed by atoms with van der Waals surface area (Å²) in [5.74, 6) is 3.20. The molecule has 0 radical (unpaired) electrons. The smallest absolute Gasteiger partial charge is 0.145 e. The molecule has 5 aromatic carbocycles. The Kier molecular flexibility index (Phi) is 5.01. The molecule has 9 aromatic rings. The average molecular weight is 557 g/mol. The van der Waals surface area contributed by atoms with Crippen LogP contribution in [-0.2, 0) is 7.05 Å². The number of para-hydroxylation sites is 3. The van der Waals surface area contributed by atoms with Crippen LogP contribution in [0.1, 0.15) is 0 Å². The summed E-state index contributed by atoms with van der Waals surface area (Å²) >= 11 is 0. The van der Waals surface area contributed by atoms with Gasteiger partial charge in [0.2, 0.25) is 0 Å². The lowest BCUT2D eigenvalue weighted by Crippen LogP contribution is -1.96. The van der Waals surface area contributed by atoms with Gasteiger partial charge >= 0.3 is 0 Å². The maximum Gasteiger partial charge on any atom is 0.145 e. The van der Waals surface area contributed by atoms with Gasteiger partial charge in [-0.25, -0.2) is 9.97 Å². The van der Waals surface area contributed by atoms with Gasteiger partial charge in [-0.1, -0.05) is 48.5 Å². The number of hydrogen-bond donors (Lipinski definition) is 0. The molecule has 4 heterocycles. The number of aromatic nitrogens is 4. The van der Waals surface area contributed by atoms with Gasteiger partial charge in [0.05, 0.1) is 27.5 Å². The molecule has 6 heteroatoms. The Bertz CT molecular complexity index is 2500. The van der Waals surface area contributed by atoms with E-state index >= 15 is 0 Å². The van der Waals surface area contributed by atoms with Crippen molar-refractivity contribution in [2.45, 2.75) is 0 Å². The SMILES string of the molecule is Cn1c(-c2cccc(Oc3ccc4c5c6oc7ccccc7c6ccc5n(-c5ccccn5)c4c3)c2)nc2ccccc21. The summed E-state index contributed by atoms with van der Waals surface area (Å²) in [5, 5.41) is 4.34. The van der Waals surface area contributed by atoms with Gasteiger partial charge in [-0.15, -0.1) is 0 Å². The van der Waals surface area contributed by atoms with E-state index in [1.54, 1.807) is 0 Å². The Morgan fingerprint density at radius 1 is 0.651 bits per heavy atom. The van der Waals surface area contributed by atoms with E-state index < -0.39 is 0 Å². The third kappa shape index (κ3) is 3.60. The van der Waals surface area contributed by atoms with Crippen LogP contribution < -0.4 is 4.74 Å². The van der Waals surface area contributed by atoms with Crippen molar-refractivity contribution in [3.05, 3.63) is 128 Å². The lowest BCUT2D eigenvalue weighted by molar-refractivity contribution is 0.483. The summed E-state index contributed by atoms with van der Waals surface area (Å²) in [5.41, 5.74) is 6.83. The fraction of sp³-hybridized carbons (Fsp3) is 0.0270. The standard InChI is InChI=1S/C37H24N4O2/c1-40-30-13-4-3-12-29(30)39-37(40)23-9-8-10-24(21-23)42-25-16-17-28-32(22-25)41(34-15-6-7-20-38-34)31-19-18-27-26-11-2-5-14-33(26)43-36(27)35(28)31/h2-22H,1H3. The van der Waals surface area contributed by atoms with Crippen molar-refractivity contribution < 1.29 is 9.15 Å². The molecule has 0 N–H and O–H groups in total. The summed E-state index contributed by atoms with van der Waals surface area (Å²) in [4.78, 5) is 9.58. The second-order valence-electron chi connectivity index (χ2n) is 10.7. The number of pyridine rings is 1. The molecule has 0 aliphatic heterocycles. The zero-order chi connectivity index (χ0) is 28.5. The number of ether oxygens (including phenoxy) is 1. The van der Waals surface area contributed by atoms with Crippen LogP contribution in [0.2, 0.25) is 0 Å². The van der Waals surface area contributed by atoms with Crippen LogP contribution in [0, 0.1) is 0 Å². The summed E-state index contributed by atoms with van der Waals surface area (Å²) in [6.07, 6.45) is 1.82. The first-order chi connectivity index (χ1) is 21.2. The van der Waals surface area contributed by atoms with Crippen LogP contribution >= 0.6 is 0 Å². The van der Waals surface area contributed by atoms with E-state index in [1.807, 2.05) is 92.1 Å². The number of furan rings is 1. The van der Waals surface area contributed by atoms with E-state index in [1.165, 1.54) is 0 Å². The van der Waals surface area contributed by atoms with Gasteiger partial charge in [-0.05, 0) is 66.7 Å². The molecule has 204 valence electrons. The lowest BCUT2D eigenvalue weighted by atomic mass is 10.1. The maximum absolute atomic E-state index is 6.49. The van der Waals surface area contributed by atoms with Crippen LogP contribution in [0.4, 0.5) is 0 Å². The van der Waals surface area contributed by atoms with Crippen LogP contribution in [0.3, 0.4) is 0 Å². The Morgan fingerprint density at radius 2 is 1.49 bits per heavy atom. The van der Waals surface area contributed by atoms with E-state index in [9.17, 15) is 0 Å². The lowest BCUT2D eigenvalue weighted by Gasteiger charge is -2.10. The van der Waals surface area contributed by atoms with Gasteiger partial charge in [0.1, 0.15) is 34.3 Å². The van der Waals surface area contributed by atoms with Crippen molar-refractivity contribution in [1.82, 2.24) is 19.1 Å². The number of nitrogens with zero attached hydrogens (tertiary/aromatic N) is 4. The van der Waals surface area contributed by atoms with Gasteiger partial charge in [0.15, 0.2) is 0 Å². The second kappa shape index (κ2) is 9.06. The highest BCUT2D eigenvalue weighted by atomic mass is 16.5. The number of hydrogen-bond acceptors (Lipinski definition) is 4. The third-order valence-corrected chi connectivity index (χ3v) is 8.24. The summed E-state index contributed by atoms with van der Waals surface area (Å²) in [6, 6.07) is 40.9. The van der Waals surface area contributed by atoms with E-state index in [2.05, 4.69) is 51.6 Å². The molecule has 0 saturated heterocycles. The van der Waals surface area contributed by atoms with Crippen LogP contribution in [0.25, 0.3) is 72.0 Å². The highest BCUT2D eigenvalue weighted by molar-refractivity contribution is 6.23. The molecule has 43 heavy (non-hydrogen) atoms. The minimum atomic E-state index is 0.732. The fourth-order valence-corrected chi connectivity index (χ4v) is 6.30. The topological polar surface area (TPSA) is 58.0 Å². The van der Waals surface area contributed by atoms with E-state index in [4.69, 9.17) is 19.1 Å². The van der Waals surface area contributed by atoms with E-state index in [0.717, 1.165) is 83.5 Å². The zero-order valence-corrected chi connectivity index (χ0v) is 23.2. The minimum absolute atomic E-state index is 0.732. The number of benzene rings is 5. The first-order valence-electron chi connectivity index (χ1n) is 14.2. The normalized spacial score (nSPS) is 11.8. The van der Waals surface area contributed by atoms with Gasteiger partial charge in [-0.2, -0.15) is 0 Å². The van der Waals surface area contributed by atoms with Crippen LogP contribution in [0.5, 0.6) is 11.5 Å². The molecule has 0 saturated carbocycles. The molecule has 9 rings (SSSR count). The highest BCUT2D eigenvalue weighted by Gasteiger charge is 2.20. The second-order valence-corrected chi connectivity index (χ2v) is 10.7. The molecule has 6 nitrogen and oxygen atoms in total. The monoisotopic (exact) mass is 556 g/mol. The van der Waals surface area contributed by atoms with Gasteiger partial charge in [-0.3, -0.25) is 4.57 Å². The van der Waals surface area contributed by atoms with Crippen LogP contribution in [-0.4, -0.2) is 19.1 Å². The molecule has 0 aliphatic carbocycles. The average Bonchev–Trinajstić information content (AvgIpc) is 3.70. The van der Waals surface area contributed by atoms with Crippen molar-refractivity contribution in [2.75, 3.05) is 0 Å². The number of aryl methyl sites for hydroxylation is 1. The molecular formula is C37H24N4O2. The first-order valence-corrected chi connectivity index (χ1v) is 14.2. The molecule has 0 atom stereocenters. The Morgan fingerprint density at radius 3 is 2.40 bits per heavy atom. The minimum Gasteiger partial charge on any atom is -0.457 e. The molecule has 0 aliphatic rings. The van der Waals surface area contributed by atoms with Crippen LogP contribution in [0.15, 0.2) is 132 Å². The molecule has 0 bridgehead atoms. The molecule has 0 spiro atoms. The van der Waals surface area contributed by atoms with Crippen molar-refractivity contribution in [3.63, 3.8) is 0 Å². The van der Waals surface area contributed by atoms with Crippen molar-refractivity contribution >= 4 is 54.8 Å². The largest absolute Gasteiger partial charge is 0.457 e. The van der Waals surface area contributed by atoms with Gasteiger partial charge < -0.3 is 13.7 Å². The quantitative estimate of drug-likeness (QED) is 0.217. The third-order valence-electron chi connectivity index (χ3n) is 8.24. The van der Waals surface area contributed by atoms with Gasteiger partial charge in [0, 0.05) is 41.0 Å². The van der Waals surface area contributed by atoms with Gasteiger partial charge in [0.25, 0.3) is 0 Å². The maximum atomic E-state index is 6.49. The fourth-order valence-electron chi connectivity index (χ4n) is 6.30. The predicted molar refractivity (Wildman–Crippen MR) is 172 cm³/mol. The molecular weight excluding hydrogens is 532 g/mol.